The van der Waals surface area contributed by atoms with Gasteiger partial charge in [0.05, 0.1) is 26.9 Å². The molecule has 7 heteroatoms. The van der Waals surface area contributed by atoms with E-state index in [-0.39, 0.29) is 24.0 Å². The third kappa shape index (κ3) is 7.51. The molecule has 0 saturated carbocycles. The molecule has 0 radical (unpaired) electrons. The van der Waals surface area contributed by atoms with Crippen molar-refractivity contribution >= 4 is 41.3 Å². The van der Waals surface area contributed by atoms with Gasteiger partial charge in [-0.3, -0.25) is 4.99 Å². The van der Waals surface area contributed by atoms with E-state index in [0.29, 0.717) is 19.8 Å². The van der Waals surface area contributed by atoms with Crippen LogP contribution < -0.4 is 10.1 Å². The van der Waals surface area contributed by atoms with Crippen LogP contribution in [0, 0.1) is 0 Å². The quantitative estimate of drug-likeness (QED) is 0.251. The molecule has 1 aromatic carbocycles. The lowest BCUT2D eigenvalue weighted by molar-refractivity contribution is 0.126. The fourth-order valence-corrected chi connectivity index (χ4v) is 3.08. The molecule has 5 nitrogen and oxygen atoms in total. The molecule has 0 unspecified atom stereocenters. The third-order valence-electron chi connectivity index (χ3n) is 3.64. The minimum atomic E-state index is 0. The molecule has 0 aliphatic rings. The van der Waals surface area contributed by atoms with Crippen molar-refractivity contribution in [2.45, 2.75) is 20.1 Å². The van der Waals surface area contributed by atoms with Gasteiger partial charge in [-0.2, -0.15) is 11.3 Å². The molecule has 1 N–H and O–H groups in total. The van der Waals surface area contributed by atoms with E-state index >= 15 is 0 Å². The van der Waals surface area contributed by atoms with E-state index < -0.39 is 0 Å². The second-order valence-corrected chi connectivity index (χ2v) is 6.37. The van der Waals surface area contributed by atoms with Crippen LogP contribution in [0.1, 0.15) is 18.1 Å². The van der Waals surface area contributed by atoms with Crippen molar-refractivity contribution in [1.29, 1.82) is 0 Å². The van der Waals surface area contributed by atoms with Crippen LogP contribution in [0.4, 0.5) is 0 Å². The van der Waals surface area contributed by atoms with Gasteiger partial charge in [-0.05, 0) is 35.4 Å². The first kappa shape index (κ1) is 22.7. The first-order valence-electron chi connectivity index (χ1n) is 8.44. The molecule has 0 aliphatic heterocycles. The van der Waals surface area contributed by atoms with Gasteiger partial charge in [0, 0.05) is 25.7 Å². The molecule has 144 valence electrons. The van der Waals surface area contributed by atoms with Crippen molar-refractivity contribution in [3.8, 4) is 5.75 Å². The average molecular weight is 489 g/mol. The van der Waals surface area contributed by atoms with Crippen LogP contribution in [0.3, 0.4) is 0 Å². The summed E-state index contributed by atoms with van der Waals surface area (Å²) >= 11 is 1.71. The molecule has 2 aromatic rings. The fraction of sp³-hybridized carbons (Fsp3) is 0.421. The molecule has 2 rings (SSSR count). The number of hydrogen-bond donors (Lipinski definition) is 1. The minimum Gasteiger partial charge on any atom is -0.496 e. The molecular weight excluding hydrogens is 461 g/mol. The molecule has 0 fully saturated rings. The number of thiophene rings is 1. The molecule has 0 amide bonds. The predicted molar refractivity (Wildman–Crippen MR) is 120 cm³/mol. The summed E-state index contributed by atoms with van der Waals surface area (Å²) in [6.07, 6.45) is 0. The van der Waals surface area contributed by atoms with E-state index in [1.807, 2.05) is 24.3 Å². The highest BCUT2D eigenvalue weighted by molar-refractivity contribution is 14.0. The normalized spacial score (nSPS) is 11.0. The predicted octanol–water partition coefficient (Wildman–Crippen LogP) is 3.99. The number of guanidine groups is 1. The number of nitrogens with zero attached hydrogens (tertiary/aromatic N) is 2. The maximum atomic E-state index is 5.74. The number of hydrogen-bond acceptors (Lipinski definition) is 4. The average Bonchev–Trinajstić information content (AvgIpc) is 3.13. The number of benzene rings is 1. The SMILES string of the molecule is CCNC(=NCCOCc1ccccc1OC)N(C)Cc1ccsc1.I. The van der Waals surface area contributed by atoms with Gasteiger partial charge in [-0.25, -0.2) is 0 Å². The fourth-order valence-electron chi connectivity index (χ4n) is 2.42. The van der Waals surface area contributed by atoms with Crippen molar-refractivity contribution in [3.05, 3.63) is 52.2 Å². The Morgan fingerprint density at radius 2 is 2.08 bits per heavy atom. The number of para-hydroxylation sites is 1. The van der Waals surface area contributed by atoms with Gasteiger partial charge >= 0.3 is 0 Å². The lowest BCUT2D eigenvalue weighted by Crippen LogP contribution is -2.38. The first-order valence-corrected chi connectivity index (χ1v) is 9.39. The van der Waals surface area contributed by atoms with E-state index in [4.69, 9.17) is 9.47 Å². The number of rotatable bonds is 9. The molecule has 26 heavy (non-hydrogen) atoms. The van der Waals surface area contributed by atoms with Crippen LogP contribution >= 0.6 is 35.3 Å². The van der Waals surface area contributed by atoms with E-state index in [2.05, 4.69) is 46.0 Å². The Balaban J connectivity index is 0.00000338. The van der Waals surface area contributed by atoms with Crippen molar-refractivity contribution in [2.24, 2.45) is 4.99 Å². The third-order valence-corrected chi connectivity index (χ3v) is 4.38. The molecule has 0 aliphatic carbocycles. The Morgan fingerprint density at radius 1 is 1.27 bits per heavy atom. The summed E-state index contributed by atoms with van der Waals surface area (Å²) < 4.78 is 11.1. The van der Waals surface area contributed by atoms with Crippen LogP contribution in [0.25, 0.3) is 0 Å². The summed E-state index contributed by atoms with van der Waals surface area (Å²) in [5.74, 6) is 1.75. The lowest BCUT2D eigenvalue weighted by atomic mass is 10.2. The summed E-state index contributed by atoms with van der Waals surface area (Å²) in [5, 5.41) is 7.58. The largest absolute Gasteiger partial charge is 0.496 e. The van der Waals surface area contributed by atoms with Crippen molar-refractivity contribution < 1.29 is 9.47 Å². The minimum absolute atomic E-state index is 0. The molecule has 0 spiro atoms. The maximum Gasteiger partial charge on any atom is 0.194 e. The topological polar surface area (TPSA) is 46.1 Å². The van der Waals surface area contributed by atoms with Gasteiger partial charge < -0.3 is 19.7 Å². The standard InChI is InChI=1S/C19H27N3O2S.HI/c1-4-20-19(22(2)13-16-9-12-25-15-16)21-10-11-24-14-17-7-5-6-8-18(17)23-3;/h5-9,12,15H,4,10-11,13-14H2,1-3H3,(H,20,21);1H. The van der Waals surface area contributed by atoms with Gasteiger partial charge in [0.15, 0.2) is 5.96 Å². The van der Waals surface area contributed by atoms with E-state index in [9.17, 15) is 0 Å². The zero-order valence-corrected chi connectivity index (χ0v) is 18.8. The van der Waals surface area contributed by atoms with Crippen molar-refractivity contribution in [3.63, 3.8) is 0 Å². The summed E-state index contributed by atoms with van der Waals surface area (Å²) in [4.78, 5) is 6.78. The summed E-state index contributed by atoms with van der Waals surface area (Å²) in [6.45, 7) is 5.48. The van der Waals surface area contributed by atoms with Gasteiger partial charge in [0.25, 0.3) is 0 Å². The number of halogens is 1. The number of methoxy groups -OCH3 is 1. The molecule has 0 bridgehead atoms. The maximum absolute atomic E-state index is 5.74. The monoisotopic (exact) mass is 489 g/mol. The molecule has 0 atom stereocenters. The van der Waals surface area contributed by atoms with Crippen molar-refractivity contribution in [1.82, 2.24) is 10.2 Å². The smallest absolute Gasteiger partial charge is 0.194 e. The Kier molecular flexibility index (Phi) is 11.3. The highest BCUT2D eigenvalue weighted by atomic mass is 127. The zero-order chi connectivity index (χ0) is 17.9. The van der Waals surface area contributed by atoms with Crippen LogP contribution in [0.5, 0.6) is 5.75 Å². The Bertz CT molecular complexity index is 650. The lowest BCUT2D eigenvalue weighted by Gasteiger charge is -2.21. The van der Waals surface area contributed by atoms with E-state index in [1.54, 1.807) is 18.4 Å². The highest BCUT2D eigenvalue weighted by Crippen LogP contribution is 2.17. The Labute approximate surface area is 177 Å². The van der Waals surface area contributed by atoms with Crippen LogP contribution in [0.15, 0.2) is 46.1 Å². The van der Waals surface area contributed by atoms with Crippen LogP contribution in [-0.4, -0.2) is 44.7 Å². The number of aliphatic imine (C=N–C) groups is 1. The molecular formula is C19H28IN3O2S. The van der Waals surface area contributed by atoms with Gasteiger partial charge in [-0.15, -0.1) is 24.0 Å². The van der Waals surface area contributed by atoms with E-state index in [1.165, 1.54) is 5.56 Å². The summed E-state index contributed by atoms with van der Waals surface area (Å²) in [5.41, 5.74) is 2.35. The Hall–Kier alpha value is -1.32. The van der Waals surface area contributed by atoms with Crippen LogP contribution in [-0.2, 0) is 17.9 Å². The van der Waals surface area contributed by atoms with Crippen LogP contribution in [0.2, 0.25) is 0 Å². The zero-order valence-electron chi connectivity index (χ0n) is 15.6. The second-order valence-electron chi connectivity index (χ2n) is 5.59. The van der Waals surface area contributed by atoms with Gasteiger partial charge in [0.1, 0.15) is 5.75 Å². The van der Waals surface area contributed by atoms with Gasteiger partial charge in [0.2, 0.25) is 0 Å². The molecule has 0 saturated heterocycles. The Morgan fingerprint density at radius 3 is 2.77 bits per heavy atom. The summed E-state index contributed by atoms with van der Waals surface area (Å²) in [7, 11) is 3.73. The first-order chi connectivity index (χ1) is 12.2. The molecule has 1 aromatic heterocycles. The highest BCUT2D eigenvalue weighted by Gasteiger charge is 2.06. The number of ether oxygens (including phenoxy) is 2. The second kappa shape index (κ2) is 12.9. The summed E-state index contributed by atoms with van der Waals surface area (Å²) in [6, 6.07) is 10.0. The molecule has 1 heterocycles. The van der Waals surface area contributed by atoms with Gasteiger partial charge in [-0.1, -0.05) is 18.2 Å². The van der Waals surface area contributed by atoms with E-state index in [0.717, 1.165) is 30.4 Å². The van der Waals surface area contributed by atoms with Crippen molar-refractivity contribution in [2.75, 3.05) is 33.9 Å². The number of nitrogens with one attached hydrogen (secondary N) is 1.